The molecule has 0 spiro atoms. The van der Waals surface area contributed by atoms with Crippen molar-refractivity contribution in [2.24, 2.45) is 0 Å². The second-order valence-electron chi connectivity index (χ2n) is 5.51. The smallest absolute Gasteiger partial charge is 0.243 e. The van der Waals surface area contributed by atoms with Crippen LogP contribution in [0.4, 0.5) is 4.39 Å². The maximum absolute atomic E-state index is 13.5. The maximum atomic E-state index is 13.5. The SMILES string of the molecule is CNCc1ccc(F)cc1S(=O)(=O)N1CCN(C)CC1C. The van der Waals surface area contributed by atoms with Gasteiger partial charge in [-0.05, 0) is 38.7 Å². The van der Waals surface area contributed by atoms with E-state index in [1.165, 1.54) is 16.4 Å². The Morgan fingerprint density at radius 1 is 1.38 bits per heavy atom. The van der Waals surface area contributed by atoms with Crippen LogP contribution in [0.1, 0.15) is 12.5 Å². The minimum absolute atomic E-state index is 0.0632. The topological polar surface area (TPSA) is 52.7 Å². The number of rotatable bonds is 4. The van der Waals surface area contributed by atoms with Gasteiger partial charge < -0.3 is 10.2 Å². The summed E-state index contributed by atoms with van der Waals surface area (Å²) in [6.45, 7) is 4.05. The zero-order valence-corrected chi connectivity index (χ0v) is 13.5. The minimum Gasteiger partial charge on any atom is -0.316 e. The van der Waals surface area contributed by atoms with Crippen LogP contribution in [-0.2, 0) is 16.6 Å². The van der Waals surface area contributed by atoms with Crippen LogP contribution in [0.5, 0.6) is 0 Å². The van der Waals surface area contributed by atoms with E-state index in [1.54, 1.807) is 7.05 Å². The molecule has 0 bridgehead atoms. The van der Waals surface area contributed by atoms with Gasteiger partial charge in [0.15, 0.2) is 0 Å². The molecule has 1 atom stereocenters. The summed E-state index contributed by atoms with van der Waals surface area (Å²) in [6.07, 6.45) is 0. The number of benzene rings is 1. The van der Waals surface area contributed by atoms with Crippen molar-refractivity contribution in [1.29, 1.82) is 0 Å². The number of nitrogens with zero attached hydrogens (tertiary/aromatic N) is 2. The molecule has 21 heavy (non-hydrogen) atoms. The molecule has 1 heterocycles. The number of halogens is 1. The molecule has 0 amide bonds. The molecule has 5 nitrogen and oxygen atoms in total. The summed E-state index contributed by atoms with van der Waals surface area (Å²) < 4.78 is 40.7. The van der Waals surface area contributed by atoms with Crippen LogP contribution in [0.25, 0.3) is 0 Å². The maximum Gasteiger partial charge on any atom is 0.243 e. The number of likely N-dealkylation sites (N-methyl/N-ethyl adjacent to an activating group) is 1. The van der Waals surface area contributed by atoms with Gasteiger partial charge in [-0.25, -0.2) is 12.8 Å². The molecule has 7 heteroatoms. The van der Waals surface area contributed by atoms with Gasteiger partial charge in [-0.1, -0.05) is 6.07 Å². The van der Waals surface area contributed by atoms with Gasteiger partial charge in [0.2, 0.25) is 10.0 Å². The summed E-state index contributed by atoms with van der Waals surface area (Å²) in [7, 11) is 0.0184. The van der Waals surface area contributed by atoms with Gasteiger partial charge in [-0.3, -0.25) is 0 Å². The molecular weight excluding hydrogens is 293 g/mol. The molecule has 0 aliphatic carbocycles. The number of piperazine rings is 1. The first-order chi connectivity index (χ1) is 9.86. The van der Waals surface area contributed by atoms with Crippen molar-refractivity contribution < 1.29 is 12.8 Å². The lowest BCUT2D eigenvalue weighted by Crippen LogP contribution is -2.52. The van der Waals surface area contributed by atoms with E-state index < -0.39 is 15.8 Å². The van der Waals surface area contributed by atoms with Crippen LogP contribution in [0.2, 0.25) is 0 Å². The molecule has 1 aromatic rings. The summed E-state index contributed by atoms with van der Waals surface area (Å²) in [4.78, 5) is 2.16. The highest BCUT2D eigenvalue weighted by Gasteiger charge is 2.34. The molecule has 1 N–H and O–H groups in total. The summed E-state index contributed by atoms with van der Waals surface area (Å²) >= 11 is 0. The van der Waals surface area contributed by atoms with E-state index in [-0.39, 0.29) is 10.9 Å². The van der Waals surface area contributed by atoms with Crippen molar-refractivity contribution in [3.8, 4) is 0 Å². The van der Waals surface area contributed by atoms with Crippen LogP contribution >= 0.6 is 0 Å². The standard InChI is InChI=1S/C14H22FN3O2S/c1-11-10-17(3)6-7-18(11)21(19,20)14-8-13(15)5-4-12(14)9-16-2/h4-5,8,11,16H,6-7,9-10H2,1-3H3. The predicted molar refractivity (Wildman–Crippen MR) is 80.0 cm³/mol. The van der Waals surface area contributed by atoms with E-state index in [9.17, 15) is 12.8 Å². The molecule has 0 aromatic heterocycles. The summed E-state index contributed by atoms with van der Waals surface area (Å²) in [6, 6.07) is 3.81. The van der Waals surface area contributed by atoms with Gasteiger partial charge in [-0.2, -0.15) is 4.31 Å². The minimum atomic E-state index is -3.68. The zero-order chi connectivity index (χ0) is 15.6. The Morgan fingerprint density at radius 3 is 2.71 bits per heavy atom. The lowest BCUT2D eigenvalue weighted by molar-refractivity contribution is 0.170. The fourth-order valence-corrected chi connectivity index (χ4v) is 4.56. The molecule has 1 aliphatic heterocycles. The second kappa shape index (κ2) is 6.39. The molecule has 1 fully saturated rings. The van der Waals surface area contributed by atoms with Crippen LogP contribution in [-0.4, -0.2) is 57.4 Å². The average molecular weight is 315 g/mol. The third kappa shape index (κ3) is 3.42. The molecule has 1 unspecified atom stereocenters. The highest BCUT2D eigenvalue weighted by Crippen LogP contribution is 2.25. The molecule has 1 saturated heterocycles. The van der Waals surface area contributed by atoms with Gasteiger partial charge in [0.1, 0.15) is 5.82 Å². The van der Waals surface area contributed by atoms with Crippen molar-refractivity contribution in [3.05, 3.63) is 29.6 Å². The van der Waals surface area contributed by atoms with Crippen LogP contribution in [0.15, 0.2) is 23.1 Å². The van der Waals surface area contributed by atoms with Crippen LogP contribution in [0, 0.1) is 5.82 Å². The van der Waals surface area contributed by atoms with Gasteiger partial charge >= 0.3 is 0 Å². The van der Waals surface area contributed by atoms with E-state index >= 15 is 0 Å². The number of nitrogens with one attached hydrogen (secondary N) is 1. The Kier molecular flexibility index (Phi) is 4.98. The fourth-order valence-electron chi connectivity index (χ4n) is 2.71. The first-order valence-corrected chi connectivity index (χ1v) is 8.43. The lowest BCUT2D eigenvalue weighted by Gasteiger charge is -2.37. The Labute approximate surface area is 125 Å². The second-order valence-corrected chi connectivity index (χ2v) is 7.37. The summed E-state index contributed by atoms with van der Waals surface area (Å²) in [5, 5.41) is 2.92. The molecule has 0 saturated carbocycles. The Hall–Kier alpha value is -1.02. The van der Waals surface area contributed by atoms with Gasteiger partial charge in [0, 0.05) is 32.2 Å². The quantitative estimate of drug-likeness (QED) is 0.896. The van der Waals surface area contributed by atoms with E-state index in [4.69, 9.17) is 0 Å². The highest BCUT2D eigenvalue weighted by atomic mass is 32.2. The number of sulfonamides is 1. The van der Waals surface area contributed by atoms with Crippen molar-refractivity contribution in [1.82, 2.24) is 14.5 Å². The van der Waals surface area contributed by atoms with Gasteiger partial charge in [0.25, 0.3) is 0 Å². The molecule has 1 aliphatic rings. The average Bonchev–Trinajstić information content (AvgIpc) is 2.40. The predicted octanol–water partition coefficient (Wildman–Crippen LogP) is 0.870. The van der Waals surface area contributed by atoms with Gasteiger partial charge in [0.05, 0.1) is 4.90 Å². The Morgan fingerprint density at radius 2 is 2.10 bits per heavy atom. The number of hydrogen-bond acceptors (Lipinski definition) is 4. The Balaban J connectivity index is 2.41. The third-order valence-electron chi connectivity index (χ3n) is 3.75. The highest BCUT2D eigenvalue weighted by molar-refractivity contribution is 7.89. The van der Waals surface area contributed by atoms with Crippen LogP contribution in [0.3, 0.4) is 0 Å². The lowest BCUT2D eigenvalue weighted by atomic mass is 10.2. The largest absolute Gasteiger partial charge is 0.316 e. The van der Waals surface area contributed by atoms with Gasteiger partial charge in [-0.15, -0.1) is 0 Å². The Bertz CT molecular complexity index is 606. The summed E-state index contributed by atoms with van der Waals surface area (Å²) in [5.74, 6) is -0.532. The molecular formula is C14H22FN3O2S. The molecule has 118 valence electrons. The van der Waals surface area contributed by atoms with Crippen molar-refractivity contribution in [2.45, 2.75) is 24.4 Å². The zero-order valence-electron chi connectivity index (χ0n) is 12.6. The van der Waals surface area contributed by atoms with E-state index in [0.29, 0.717) is 31.7 Å². The first kappa shape index (κ1) is 16.4. The monoisotopic (exact) mass is 315 g/mol. The molecule has 0 radical (unpaired) electrons. The van der Waals surface area contributed by atoms with E-state index in [0.717, 1.165) is 6.07 Å². The van der Waals surface area contributed by atoms with E-state index in [2.05, 4.69) is 10.2 Å². The normalized spacial score (nSPS) is 21.6. The van der Waals surface area contributed by atoms with Crippen LogP contribution < -0.4 is 5.32 Å². The molecule has 1 aromatic carbocycles. The first-order valence-electron chi connectivity index (χ1n) is 6.99. The summed E-state index contributed by atoms with van der Waals surface area (Å²) in [5.41, 5.74) is 0.588. The van der Waals surface area contributed by atoms with Crippen molar-refractivity contribution in [3.63, 3.8) is 0 Å². The van der Waals surface area contributed by atoms with E-state index in [1.807, 2.05) is 14.0 Å². The van der Waals surface area contributed by atoms with Crippen molar-refractivity contribution >= 4 is 10.0 Å². The number of hydrogen-bond donors (Lipinski definition) is 1. The molecule has 2 rings (SSSR count). The van der Waals surface area contributed by atoms with Crippen molar-refractivity contribution in [2.75, 3.05) is 33.7 Å². The fraction of sp³-hybridized carbons (Fsp3) is 0.571. The third-order valence-corrected chi connectivity index (χ3v) is 5.85.